The highest BCUT2D eigenvalue weighted by atomic mass is 16.5. The largest absolute Gasteiger partial charge is 0.379 e. The van der Waals surface area contributed by atoms with Crippen LogP contribution in [0.25, 0.3) is 0 Å². The quantitative estimate of drug-likeness (QED) is 0.0714. The van der Waals surface area contributed by atoms with Crippen LogP contribution in [0.1, 0.15) is 208 Å². The highest BCUT2D eigenvalue weighted by Crippen LogP contribution is 2.68. The van der Waals surface area contributed by atoms with Gasteiger partial charge in [0.05, 0.1) is 18.8 Å². The lowest BCUT2D eigenvalue weighted by atomic mass is 9.44. The number of nitrogens with zero attached hydrogens (tertiary/aromatic N) is 1. The van der Waals surface area contributed by atoms with E-state index >= 15 is 0 Å². The molecule has 4 nitrogen and oxygen atoms in total. The van der Waals surface area contributed by atoms with Crippen molar-refractivity contribution in [3.8, 4) is 0 Å². The topological polar surface area (TPSA) is 30.9 Å². The molecule has 0 saturated heterocycles. The predicted octanol–water partition coefficient (Wildman–Crippen LogP) is 13.7. The Hall–Kier alpha value is -0.160. The molecule has 0 aromatic carbocycles. The zero-order valence-corrected chi connectivity index (χ0v) is 36.9. The number of fused-ring (bicyclic) bond motifs is 5. The van der Waals surface area contributed by atoms with Crippen molar-refractivity contribution in [3.05, 3.63) is 0 Å². The second-order valence-corrected chi connectivity index (χ2v) is 20.3. The maximum Gasteiger partial charge on any atom is 0.0934 e. The van der Waals surface area contributed by atoms with Crippen molar-refractivity contribution in [2.45, 2.75) is 220 Å². The zero-order chi connectivity index (χ0) is 37.9. The third-order valence-corrected chi connectivity index (χ3v) is 15.7. The van der Waals surface area contributed by atoms with Gasteiger partial charge < -0.3 is 19.1 Å². The maximum atomic E-state index is 6.62. The van der Waals surface area contributed by atoms with Gasteiger partial charge in [0.15, 0.2) is 0 Å². The molecule has 4 aliphatic carbocycles. The first kappa shape index (κ1) is 45.5. The van der Waals surface area contributed by atoms with E-state index in [1.807, 2.05) is 0 Å². The summed E-state index contributed by atoms with van der Waals surface area (Å²) in [5, 5.41) is 0. The van der Waals surface area contributed by atoms with Gasteiger partial charge in [0.25, 0.3) is 0 Å². The van der Waals surface area contributed by atoms with E-state index in [0.717, 1.165) is 68.5 Å². The van der Waals surface area contributed by atoms with Gasteiger partial charge >= 0.3 is 0 Å². The highest BCUT2D eigenvalue weighted by Gasteiger charge is 2.59. The lowest BCUT2D eigenvalue weighted by Crippen LogP contribution is -2.54. The molecular weight excluding hydrogens is 651 g/mol. The summed E-state index contributed by atoms with van der Waals surface area (Å²) in [6.07, 6.45) is 38.2. The molecule has 4 unspecified atom stereocenters. The van der Waals surface area contributed by atoms with Gasteiger partial charge in [-0.25, -0.2) is 0 Å². The van der Waals surface area contributed by atoms with Gasteiger partial charge in [-0.2, -0.15) is 0 Å². The predicted molar refractivity (Wildman–Crippen MR) is 228 cm³/mol. The molecule has 0 amide bonds. The molecule has 0 spiro atoms. The van der Waals surface area contributed by atoms with E-state index in [2.05, 4.69) is 53.6 Å². The average molecular weight is 744 g/mol. The van der Waals surface area contributed by atoms with Gasteiger partial charge in [-0.15, -0.1) is 0 Å². The minimum atomic E-state index is 0.191. The van der Waals surface area contributed by atoms with Crippen LogP contribution in [0.3, 0.4) is 0 Å². The van der Waals surface area contributed by atoms with Crippen LogP contribution in [0.2, 0.25) is 0 Å². The average Bonchev–Trinajstić information content (AvgIpc) is 3.47. The number of rotatable bonds is 29. The minimum absolute atomic E-state index is 0.191. The first-order valence-electron chi connectivity index (χ1n) is 24.1. The maximum absolute atomic E-state index is 6.62. The molecule has 4 fully saturated rings. The fourth-order valence-corrected chi connectivity index (χ4v) is 12.4. The van der Waals surface area contributed by atoms with Crippen molar-refractivity contribution in [2.24, 2.45) is 46.3 Å². The number of hydrogen-bond acceptors (Lipinski definition) is 4. The smallest absolute Gasteiger partial charge is 0.0934 e. The van der Waals surface area contributed by atoms with E-state index in [1.165, 1.54) is 167 Å². The Kier molecular flexibility index (Phi) is 21.1. The molecule has 53 heavy (non-hydrogen) atoms. The van der Waals surface area contributed by atoms with E-state index in [4.69, 9.17) is 14.2 Å². The van der Waals surface area contributed by atoms with Crippen molar-refractivity contribution in [1.29, 1.82) is 0 Å². The first-order chi connectivity index (χ1) is 25.7. The summed E-state index contributed by atoms with van der Waals surface area (Å²) >= 11 is 0. The van der Waals surface area contributed by atoms with Gasteiger partial charge in [0.2, 0.25) is 0 Å². The summed E-state index contributed by atoms with van der Waals surface area (Å²) in [5.41, 5.74) is 1.22. The first-order valence-corrected chi connectivity index (χ1v) is 24.1. The summed E-state index contributed by atoms with van der Waals surface area (Å²) in [4.78, 5) is 2.23. The number of ether oxygens (including phenoxy) is 3. The Morgan fingerprint density at radius 3 is 1.98 bits per heavy atom. The summed E-state index contributed by atoms with van der Waals surface area (Å²) in [5.74, 6) is 5.80. The molecule has 312 valence electrons. The molecule has 0 radical (unpaired) electrons. The van der Waals surface area contributed by atoms with E-state index in [9.17, 15) is 0 Å². The molecule has 0 aromatic rings. The molecule has 4 rings (SSSR count). The normalized spacial score (nSPS) is 31.9. The minimum Gasteiger partial charge on any atom is -0.379 e. The highest BCUT2D eigenvalue weighted by molar-refractivity contribution is 5.09. The van der Waals surface area contributed by atoms with Crippen LogP contribution < -0.4 is 0 Å². The standard InChI is InChI=1S/C49H93NO3/c1-8-9-10-11-12-13-16-21-34-51-39-44(38-50(6)7)53-36-23-18-15-14-17-22-35-52-43-30-32-49(5)42(37-43)26-28-45-46-29-27-41(25-20-19-24-40(2)3)48(46,4)33-31-47(45)49/h40-47H,8-39H2,1-7H3/t41-,42?,43-,44?,45-,46?,47?,48+,49-/m0/s1. The molecule has 0 aromatic heterocycles. The van der Waals surface area contributed by atoms with Crippen molar-refractivity contribution in [1.82, 2.24) is 4.90 Å². The molecule has 9 atom stereocenters. The number of likely N-dealkylation sites (N-methyl/N-ethyl adjacent to an activating group) is 1. The molecule has 4 saturated carbocycles. The summed E-state index contributed by atoms with van der Waals surface area (Å²) in [6, 6.07) is 0. The fourth-order valence-electron chi connectivity index (χ4n) is 12.4. The van der Waals surface area contributed by atoms with Gasteiger partial charge in [0.1, 0.15) is 0 Å². The van der Waals surface area contributed by atoms with E-state index in [-0.39, 0.29) is 6.10 Å². The van der Waals surface area contributed by atoms with Crippen LogP contribution >= 0.6 is 0 Å². The van der Waals surface area contributed by atoms with Crippen LogP contribution in [0.4, 0.5) is 0 Å². The Balaban J connectivity index is 1.01. The fraction of sp³-hybridized carbons (Fsp3) is 1.00. The second kappa shape index (κ2) is 24.6. The van der Waals surface area contributed by atoms with Gasteiger partial charge in [-0.1, -0.05) is 125 Å². The molecule has 4 aliphatic rings. The SMILES string of the molecule is CCCCCCCCCCOCC(CN(C)C)OCCCCCCCCO[C@H]1CC[C@@]2(C)C(CC[C@@H]3C2CC[C@@]2(C)C3CC[C@@H]2CCCCC(C)C)C1. The van der Waals surface area contributed by atoms with Crippen molar-refractivity contribution < 1.29 is 14.2 Å². The van der Waals surface area contributed by atoms with Crippen molar-refractivity contribution in [3.63, 3.8) is 0 Å². The molecule has 0 bridgehead atoms. The Morgan fingerprint density at radius 2 is 1.28 bits per heavy atom. The van der Waals surface area contributed by atoms with Crippen LogP contribution in [-0.4, -0.2) is 64.2 Å². The Morgan fingerprint density at radius 1 is 0.642 bits per heavy atom. The van der Waals surface area contributed by atoms with Crippen LogP contribution in [0, 0.1) is 46.3 Å². The summed E-state index contributed by atoms with van der Waals surface area (Å²) in [7, 11) is 4.28. The van der Waals surface area contributed by atoms with Gasteiger partial charge in [-0.3, -0.25) is 0 Å². The lowest BCUT2D eigenvalue weighted by Gasteiger charge is -2.61. The Bertz CT molecular complexity index is 939. The van der Waals surface area contributed by atoms with Gasteiger partial charge in [0, 0.05) is 26.4 Å². The molecule has 0 N–H and O–H groups in total. The van der Waals surface area contributed by atoms with E-state index in [1.54, 1.807) is 6.42 Å². The van der Waals surface area contributed by atoms with E-state index in [0.29, 0.717) is 16.9 Å². The molecule has 0 aliphatic heterocycles. The van der Waals surface area contributed by atoms with Crippen molar-refractivity contribution in [2.75, 3.05) is 47.1 Å². The van der Waals surface area contributed by atoms with Crippen LogP contribution in [-0.2, 0) is 14.2 Å². The third kappa shape index (κ3) is 14.6. The third-order valence-electron chi connectivity index (χ3n) is 15.7. The van der Waals surface area contributed by atoms with Gasteiger partial charge in [-0.05, 0) is 144 Å². The van der Waals surface area contributed by atoms with Crippen LogP contribution in [0.5, 0.6) is 0 Å². The molecule has 4 heteroatoms. The van der Waals surface area contributed by atoms with Crippen LogP contribution in [0.15, 0.2) is 0 Å². The molecular formula is C49H93NO3. The number of unbranched alkanes of at least 4 members (excludes halogenated alkanes) is 13. The number of hydrogen-bond donors (Lipinski definition) is 0. The lowest BCUT2D eigenvalue weighted by molar-refractivity contribution is -0.135. The van der Waals surface area contributed by atoms with Crippen molar-refractivity contribution >= 4 is 0 Å². The summed E-state index contributed by atoms with van der Waals surface area (Å²) < 4.78 is 18.9. The second-order valence-electron chi connectivity index (χ2n) is 20.3. The summed E-state index contributed by atoms with van der Waals surface area (Å²) in [6.45, 7) is 17.0. The monoisotopic (exact) mass is 744 g/mol. The molecule has 0 heterocycles. The Labute approximate surface area is 331 Å². The zero-order valence-electron chi connectivity index (χ0n) is 36.9. The van der Waals surface area contributed by atoms with E-state index < -0.39 is 0 Å².